The summed E-state index contributed by atoms with van der Waals surface area (Å²) in [4.78, 5) is 11.9. The lowest BCUT2D eigenvalue weighted by molar-refractivity contribution is 0.0948. The summed E-state index contributed by atoms with van der Waals surface area (Å²) in [6.45, 7) is 6.68. The highest BCUT2D eigenvalue weighted by Gasteiger charge is 2.11. The highest BCUT2D eigenvalue weighted by Crippen LogP contribution is 2.12. The Morgan fingerprint density at radius 3 is 2.75 bits per heavy atom. The van der Waals surface area contributed by atoms with Gasteiger partial charge in [0.2, 0.25) is 0 Å². The first-order valence-corrected chi connectivity index (χ1v) is 5.40. The lowest BCUT2D eigenvalue weighted by Gasteiger charge is -2.10. The quantitative estimate of drug-likeness (QED) is 0.770. The smallest absolute Gasteiger partial charge is 0.252 e. The van der Waals surface area contributed by atoms with Crippen molar-refractivity contribution in [3.05, 3.63) is 34.9 Å². The summed E-state index contributed by atoms with van der Waals surface area (Å²) in [5, 5.41) is 2.87. The lowest BCUT2D eigenvalue weighted by atomic mass is 10.0. The van der Waals surface area contributed by atoms with Crippen LogP contribution >= 0.6 is 0 Å². The van der Waals surface area contributed by atoms with Gasteiger partial charge in [-0.25, -0.2) is 0 Å². The maximum atomic E-state index is 11.9. The van der Waals surface area contributed by atoms with Crippen molar-refractivity contribution in [1.29, 1.82) is 0 Å². The second-order valence-corrected chi connectivity index (χ2v) is 4.25. The van der Waals surface area contributed by atoms with Crippen molar-refractivity contribution in [3.63, 3.8) is 0 Å². The molecule has 1 N–H and O–H groups in total. The summed E-state index contributed by atoms with van der Waals surface area (Å²) in [6.07, 6.45) is 5.42. The largest absolute Gasteiger partial charge is 0.352 e. The van der Waals surface area contributed by atoms with Crippen molar-refractivity contribution < 1.29 is 4.79 Å². The molecule has 1 aromatic carbocycles. The summed E-state index contributed by atoms with van der Waals surface area (Å²) in [5.41, 5.74) is 2.23. The summed E-state index contributed by atoms with van der Waals surface area (Å²) < 4.78 is 0. The molecule has 0 unspecified atom stereocenters. The van der Waals surface area contributed by atoms with Crippen LogP contribution < -0.4 is 5.32 Å². The van der Waals surface area contributed by atoms with Crippen LogP contribution in [0.2, 0.25) is 0 Å². The third-order valence-corrected chi connectivity index (χ3v) is 2.33. The number of hydrogen-bond donors (Lipinski definition) is 1. The average Bonchev–Trinajstić information content (AvgIpc) is 2.25. The number of carbonyl (C=O) groups excluding carboxylic acids is 1. The van der Waals surface area contributed by atoms with Crippen LogP contribution in [0.5, 0.6) is 0 Å². The number of nitrogens with one attached hydrogen (secondary N) is 1. The predicted octanol–water partition coefficient (Wildman–Crippen LogP) is 2.36. The van der Waals surface area contributed by atoms with Gasteiger partial charge in [0.05, 0.1) is 5.56 Å². The molecule has 0 fully saturated rings. The maximum Gasteiger partial charge on any atom is 0.252 e. The molecule has 0 saturated heterocycles. The maximum absolute atomic E-state index is 11.9. The van der Waals surface area contributed by atoms with Gasteiger partial charge in [0.25, 0.3) is 5.91 Å². The highest BCUT2D eigenvalue weighted by molar-refractivity contribution is 5.97. The molecule has 1 amide bonds. The molecule has 0 spiro atoms. The van der Waals surface area contributed by atoms with Gasteiger partial charge in [-0.15, -0.1) is 6.42 Å². The van der Waals surface area contributed by atoms with Gasteiger partial charge in [-0.05, 0) is 24.5 Å². The Balaban J connectivity index is 2.92. The standard InChI is InChI=1S/C14H17NO/c1-5-12-11(4)7-6-8-13(12)14(16)15-9-10(2)3/h1,6-8,10H,9H2,2-4H3,(H,15,16). The van der Waals surface area contributed by atoms with E-state index in [1.54, 1.807) is 6.07 Å². The molecule has 0 saturated carbocycles. The van der Waals surface area contributed by atoms with E-state index in [-0.39, 0.29) is 5.91 Å². The lowest BCUT2D eigenvalue weighted by Crippen LogP contribution is -2.28. The number of carbonyl (C=O) groups is 1. The molecule has 0 aromatic heterocycles. The molecule has 0 heterocycles. The van der Waals surface area contributed by atoms with Crippen LogP contribution in [-0.4, -0.2) is 12.5 Å². The van der Waals surface area contributed by atoms with Crippen LogP contribution in [0.25, 0.3) is 0 Å². The van der Waals surface area contributed by atoms with E-state index < -0.39 is 0 Å². The van der Waals surface area contributed by atoms with Gasteiger partial charge in [0, 0.05) is 12.1 Å². The first kappa shape index (κ1) is 12.3. The van der Waals surface area contributed by atoms with Gasteiger partial charge in [-0.3, -0.25) is 4.79 Å². The van der Waals surface area contributed by atoms with Crippen LogP contribution in [0, 0.1) is 25.2 Å². The minimum Gasteiger partial charge on any atom is -0.352 e. The Hall–Kier alpha value is -1.75. The van der Waals surface area contributed by atoms with Gasteiger partial charge in [-0.2, -0.15) is 0 Å². The van der Waals surface area contributed by atoms with Crippen LogP contribution in [0.15, 0.2) is 18.2 Å². The van der Waals surface area contributed by atoms with Crippen molar-refractivity contribution in [2.75, 3.05) is 6.54 Å². The zero-order valence-electron chi connectivity index (χ0n) is 10.0. The Morgan fingerprint density at radius 2 is 2.19 bits per heavy atom. The summed E-state index contributed by atoms with van der Waals surface area (Å²) in [6, 6.07) is 5.52. The molecule has 0 bridgehead atoms. The van der Waals surface area contributed by atoms with Gasteiger partial charge in [0.1, 0.15) is 0 Å². The second kappa shape index (κ2) is 5.37. The zero-order chi connectivity index (χ0) is 12.1. The third kappa shape index (κ3) is 2.87. The van der Waals surface area contributed by atoms with E-state index in [4.69, 9.17) is 6.42 Å². The van der Waals surface area contributed by atoms with Crippen LogP contribution in [0.3, 0.4) is 0 Å². The van der Waals surface area contributed by atoms with Gasteiger partial charge < -0.3 is 5.32 Å². The van der Waals surface area contributed by atoms with Crippen molar-refractivity contribution in [3.8, 4) is 12.3 Å². The zero-order valence-corrected chi connectivity index (χ0v) is 10.0. The molecule has 84 valence electrons. The minimum absolute atomic E-state index is 0.0923. The van der Waals surface area contributed by atoms with E-state index in [1.165, 1.54) is 0 Å². The third-order valence-electron chi connectivity index (χ3n) is 2.33. The van der Waals surface area contributed by atoms with Gasteiger partial charge in [-0.1, -0.05) is 31.9 Å². The van der Waals surface area contributed by atoms with Crippen LogP contribution in [0.1, 0.15) is 35.3 Å². The summed E-state index contributed by atoms with van der Waals surface area (Å²) in [7, 11) is 0. The van der Waals surface area contributed by atoms with Crippen LogP contribution in [-0.2, 0) is 0 Å². The predicted molar refractivity (Wildman–Crippen MR) is 66.3 cm³/mol. The molecule has 0 aliphatic heterocycles. The SMILES string of the molecule is C#Cc1c(C)cccc1C(=O)NCC(C)C. The van der Waals surface area contributed by atoms with E-state index in [9.17, 15) is 4.79 Å². The first-order chi connectivity index (χ1) is 7.56. The van der Waals surface area contributed by atoms with Gasteiger partial charge in [0.15, 0.2) is 0 Å². The number of hydrogen-bond acceptors (Lipinski definition) is 1. The molecular weight excluding hydrogens is 198 g/mol. The Labute approximate surface area is 97.1 Å². The van der Waals surface area contributed by atoms with Crippen molar-refractivity contribution in [2.24, 2.45) is 5.92 Å². The number of rotatable bonds is 3. The highest BCUT2D eigenvalue weighted by atomic mass is 16.1. The Kier molecular flexibility index (Phi) is 4.13. The Bertz CT molecular complexity index is 427. The molecular formula is C14H17NO. The number of amides is 1. The molecule has 16 heavy (non-hydrogen) atoms. The van der Waals surface area contributed by atoms with Crippen molar-refractivity contribution >= 4 is 5.91 Å². The minimum atomic E-state index is -0.0923. The number of terminal acetylenes is 1. The number of benzene rings is 1. The fraction of sp³-hybridized carbons (Fsp3) is 0.357. The van der Waals surface area contributed by atoms with E-state index in [0.717, 1.165) is 5.56 Å². The van der Waals surface area contributed by atoms with Crippen molar-refractivity contribution in [1.82, 2.24) is 5.32 Å². The summed E-state index contributed by atoms with van der Waals surface area (Å²) >= 11 is 0. The van der Waals surface area contributed by atoms with Crippen molar-refractivity contribution in [2.45, 2.75) is 20.8 Å². The van der Waals surface area contributed by atoms with E-state index in [1.807, 2.05) is 19.1 Å². The number of aryl methyl sites for hydroxylation is 1. The normalized spacial score (nSPS) is 9.94. The fourth-order valence-electron chi connectivity index (χ4n) is 1.44. The second-order valence-electron chi connectivity index (χ2n) is 4.25. The van der Waals surface area contributed by atoms with Gasteiger partial charge >= 0.3 is 0 Å². The summed E-state index contributed by atoms with van der Waals surface area (Å²) in [5.74, 6) is 2.91. The molecule has 2 heteroatoms. The monoisotopic (exact) mass is 215 g/mol. The molecule has 0 aliphatic rings. The molecule has 0 atom stereocenters. The van der Waals surface area contributed by atoms with Crippen LogP contribution in [0.4, 0.5) is 0 Å². The molecule has 2 nitrogen and oxygen atoms in total. The fourth-order valence-corrected chi connectivity index (χ4v) is 1.44. The molecule has 1 rings (SSSR count). The molecule has 0 aliphatic carbocycles. The first-order valence-electron chi connectivity index (χ1n) is 5.40. The molecule has 0 radical (unpaired) electrons. The van der Waals surface area contributed by atoms with E-state index in [2.05, 4.69) is 25.1 Å². The van der Waals surface area contributed by atoms with E-state index in [0.29, 0.717) is 23.6 Å². The topological polar surface area (TPSA) is 29.1 Å². The van der Waals surface area contributed by atoms with E-state index >= 15 is 0 Å². The average molecular weight is 215 g/mol. The molecule has 1 aromatic rings. The Morgan fingerprint density at radius 1 is 1.50 bits per heavy atom.